The van der Waals surface area contributed by atoms with Crippen molar-refractivity contribution in [2.24, 2.45) is 5.73 Å². The van der Waals surface area contributed by atoms with Crippen LogP contribution < -0.4 is 11.1 Å². The zero-order valence-corrected chi connectivity index (χ0v) is 12.0. The minimum absolute atomic E-state index is 0.158. The Bertz CT molecular complexity index is 725. The van der Waals surface area contributed by atoms with Gasteiger partial charge in [-0.2, -0.15) is 0 Å². The topological polar surface area (TPSA) is 72.9 Å². The van der Waals surface area contributed by atoms with Gasteiger partial charge in [-0.1, -0.05) is 24.4 Å². The number of alkyl halides is 1. The average molecular weight is 307 g/mol. The average Bonchev–Trinajstić information content (AvgIpc) is 2.82. The fourth-order valence-corrected chi connectivity index (χ4v) is 2.76. The second-order valence-electron chi connectivity index (χ2n) is 4.40. The quantitative estimate of drug-likeness (QED) is 0.651. The second-order valence-corrected chi connectivity index (χ2v) is 5.11. The van der Waals surface area contributed by atoms with Crippen molar-refractivity contribution in [3.8, 4) is 5.69 Å². The first-order chi connectivity index (χ1) is 9.63. The molecule has 20 heavy (non-hydrogen) atoms. The molecule has 0 aliphatic carbocycles. The van der Waals surface area contributed by atoms with E-state index in [-0.39, 0.29) is 16.8 Å². The van der Waals surface area contributed by atoms with E-state index in [9.17, 15) is 4.79 Å². The number of nitrogens with zero attached hydrogens (tertiary/aromatic N) is 2. The lowest BCUT2D eigenvalue weighted by Crippen LogP contribution is -2.24. The van der Waals surface area contributed by atoms with Crippen molar-refractivity contribution in [3.63, 3.8) is 0 Å². The first-order valence-corrected chi connectivity index (χ1v) is 6.90. The second kappa shape index (κ2) is 4.88. The van der Waals surface area contributed by atoms with Gasteiger partial charge in [-0.3, -0.25) is 9.36 Å². The first-order valence-electron chi connectivity index (χ1n) is 5.96. The Morgan fingerprint density at radius 1 is 1.55 bits per heavy atom. The fourth-order valence-electron chi connectivity index (χ4n) is 2.37. The highest BCUT2D eigenvalue weighted by Gasteiger charge is 2.25. The van der Waals surface area contributed by atoms with E-state index in [2.05, 4.69) is 10.3 Å². The number of rotatable bonds is 2. The minimum atomic E-state index is -0.158. The van der Waals surface area contributed by atoms with Crippen molar-refractivity contribution < 1.29 is 4.79 Å². The van der Waals surface area contributed by atoms with Crippen molar-refractivity contribution in [1.29, 1.82) is 0 Å². The van der Waals surface area contributed by atoms with Gasteiger partial charge < -0.3 is 11.1 Å². The van der Waals surface area contributed by atoms with Gasteiger partial charge in [-0.05, 0) is 11.6 Å². The van der Waals surface area contributed by atoms with Crippen LogP contribution in [0.1, 0.15) is 27.3 Å². The van der Waals surface area contributed by atoms with Crippen LogP contribution in [0.15, 0.2) is 24.5 Å². The summed E-state index contributed by atoms with van der Waals surface area (Å²) >= 11 is 10.9. The van der Waals surface area contributed by atoms with Crippen LogP contribution in [0.3, 0.4) is 0 Å². The normalized spacial score (nSPS) is 13.2. The first kappa shape index (κ1) is 13.1. The van der Waals surface area contributed by atoms with Gasteiger partial charge in [0.15, 0.2) is 0 Å². The number of carbonyl (C=O) groups is 1. The number of amides is 1. The highest BCUT2D eigenvalue weighted by molar-refractivity contribution is 7.80. The number of hydrogen-bond acceptors (Lipinski definition) is 3. The number of thiocarbonyl (C=S) groups is 1. The third-order valence-corrected chi connectivity index (χ3v) is 3.76. The summed E-state index contributed by atoms with van der Waals surface area (Å²) < 4.78 is 1.83. The molecule has 1 aliphatic rings. The number of benzene rings is 1. The van der Waals surface area contributed by atoms with Crippen LogP contribution in [0.2, 0.25) is 0 Å². The van der Waals surface area contributed by atoms with Crippen molar-refractivity contribution >= 4 is 34.7 Å². The number of carbonyl (C=O) groups excluding carboxylic acids is 1. The Kier molecular flexibility index (Phi) is 3.19. The fraction of sp³-hybridized carbons (Fsp3) is 0.154. The number of aromatic nitrogens is 2. The van der Waals surface area contributed by atoms with Crippen LogP contribution >= 0.6 is 23.8 Å². The molecule has 1 aromatic heterocycles. The van der Waals surface area contributed by atoms with Crippen molar-refractivity contribution in [2.45, 2.75) is 12.4 Å². The predicted molar refractivity (Wildman–Crippen MR) is 80.2 cm³/mol. The van der Waals surface area contributed by atoms with E-state index in [4.69, 9.17) is 29.6 Å². The van der Waals surface area contributed by atoms with Gasteiger partial charge in [0.25, 0.3) is 5.91 Å². The molecule has 2 heterocycles. The number of nitrogens with two attached hydrogens (primary N) is 1. The third-order valence-electron chi connectivity index (χ3n) is 3.28. The van der Waals surface area contributed by atoms with Gasteiger partial charge in [0, 0.05) is 5.88 Å². The van der Waals surface area contributed by atoms with Gasteiger partial charge in [-0.15, -0.1) is 11.6 Å². The van der Waals surface area contributed by atoms with E-state index in [1.54, 1.807) is 6.33 Å². The van der Waals surface area contributed by atoms with Gasteiger partial charge >= 0.3 is 0 Å². The third kappa shape index (κ3) is 1.88. The van der Waals surface area contributed by atoms with E-state index >= 15 is 0 Å². The molecule has 102 valence electrons. The maximum atomic E-state index is 12.3. The zero-order valence-electron chi connectivity index (χ0n) is 10.4. The molecule has 0 radical (unpaired) electrons. The standard InChI is InChI=1S/C13H11ClN4OS/c14-4-7-2-1-3-8-10(7)13(19)16-5-9-11(12(15)20)17-6-18(8)9/h1-3,6H,4-5H2,(H2,15,20)(H,16,19). The molecule has 1 aliphatic heterocycles. The molecular weight excluding hydrogens is 296 g/mol. The van der Waals surface area contributed by atoms with E-state index in [1.165, 1.54) is 0 Å². The van der Waals surface area contributed by atoms with E-state index in [0.29, 0.717) is 17.8 Å². The lowest BCUT2D eigenvalue weighted by molar-refractivity contribution is 0.0952. The highest BCUT2D eigenvalue weighted by atomic mass is 35.5. The summed E-state index contributed by atoms with van der Waals surface area (Å²) in [6.45, 7) is 0.321. The molecule has 1 amide bonds. The number of nitrogens with one attached hydrogen (secondary N) is 1. The predicted octanol–water partition coefficient (Wildman–Crippen LogP) is 1.49. The summed E-state index contributed by atoms with van der Waals surface area (Å²) in [7, 11) is 0. The number of imidazole rings is 1. The molecule has 0 saturated carbocycles. The van der Waals surface area contributed by atoms with Crippen LogP contribution in [-0.4, -0.2) is 20.4 Å². The maximum Gasteiger partial charge on any atom is 0.254 e. The van der Waals surface area contributed by atoms with Crippen molar-refractivity contribution in [1.82, 2.24) is 14.9 Å². The molecule has 1 aromatic carbocycles. The van der Waals surface area contributed by atoms with Crippen LogP contribution in [0.25, 0.3) is 5.69 Å². The molecule has 0 unspecified atom stereocenters. The summed E-state index contributed by atoms with van der Waals surface area (Å²) in [6.07, 6.45) is 1.63. The Morgan fingerprint density at radius 3 is 3.05 bits per heavy atom. The maximum absolute atomic E-state index is 12.3. The Balaban J connectivity index is 2.30. The Hall–Kier alpha value is -1.92. The molecule has 0 atom stereocenters. The van der Waals surface area contributed by atoms with Gasteiger partial charge in [-0.25, -0.2) is 4.98 Å². The van der Waals surface area contributed by atoms with E-state index in [0.717, 1.165) is 16.9 Å². The zero-order chi connectivity index (χ0) is 14.3. The van der Waals surface area contributed by atoms with E-state index in [1.807, 2.05) is 22.8 Å². The molecule has 0 fully saturated rings. The van der Waals surface area contributed by atoms with Crippen LogP contribution in [-0.2, 0) is 12.4 Å². The molecule has 2 aromatic rings. The number of fused-ring (bicyclic) bond motifs is 3. The van der Waals surface area contributed by atoms with Crippen molar-refractivity contribution in [2.75, 3.05) is 0 Å². The number of hydrogen-bond donors (Lipinski definition) is 2. The highest BCUT2D eigenvalue weighted by Crippen LogP contribution is 2.25. The largest absolute Gasteiger partial charge is 0.388 e. The summed E-state index contributed by atoms with van der Waals surface area (Å²) in [5.41, 5.74) is 9.05. The van der Waals surface area contributed by atoms with Crippen LogP contribution in [0.4, 0.5) is 0 Å². The Morgan fingerprint density at radius 2 is 2.35 bits per heavy atom. The van der Waals surface area contributed by atoms with E-state index < -0.39 is 0 Å². The minimum Gasteiger partial charge on any atom is -0.388 e. The smallest absolute Gasteiger partial charge is 0.254 e. The monoisotopic (exact) mass is 306 g/mol. The molecule has 3 N–H and O–H groups in total. The molecule has 5 nitrogen and oxygen atoms in total. The molecule has 3 rings (SSSR count). The lowest BCUT2D eigenvalue weighted by Gasteiger charge is -2.10. The summed E-state index contributed by atoms with van der Waals surface area (Å²) in [4.78, 5) is 16.7. The SMILES string of the molecule is NC(=S)c1ncn2c1CNC(=O)c1c(CCl)cccc1-2. The summed E-state index contributed by atoms with van der Waals surface area (Å²) in [5, 5.41) is 2.84. The van der Waals surface area contributed by atoms with Gasteiger partial charge in [0.05, 0.1) is 23.5 Å². The van der Waals surface area contributed by atoms with Gasteiger partial charge in [0.1, 0.15) is 17.0 Å². The number of halogens is 1. The molecule has 7 heteroatoms. The Labute approximate surface area is 125 Å². The molecule has 0 bridgehead atoms. The van der Waals surface area contributed by atoms with Crippen LogP contribution in [0.5, 0.6) is 0 Å². The summed E-state index contributed by atoms with van der Waals surface area (Å²) in [5.74, 6) is 0.108. The lowest BCUT2D eigenvalue weighted by atomic mass is 10.1. The molecular formula is C13H11ClN4OS. The summed E-state index contributed by atoms with van der Waals surface area (Å²) in [6, 6.07) is 5.55. The van der Waals surface area contributed by atoms with Crippen molar-refractivity contribution in [3.05, 3.63) is 47.0 Å². The molecule has 0 saturated heterocycles. The van der Waals surface area contributed by atoms with Crippen LogP contribution in [0, 0.1) is 0 Å². The molecule has 0 spiro atoms. The van der Waals surface area contributed by atoms with Gasteiger partial charge in [0.2, 0.25) is 0 Å².